The first-order chi connectivity index (χ1) is 11.2. The van der Waals surface area contributed by atoms with Gasteiger partial charge in [-0.1, -0.05) is 23.7 Å². The summed E-state index contributed by atoms with van der Waals surface area (Å²) in [7, 11) is 2.13. The second-order valence-electron chi connectivity index (χ2n) is 6.13. The first-order valence-electron chi connectivity index (χ1n) is 7.99. The Bertz CT molecular complexity index is 645. The van der Waals surface area contributed by atoms with E-state index in [1.54, 1.807) is 0 Å². The maximum atomic E-state index is 9.20. The summed E-state index contributed by atoms with van der Waals surface area (Å²) in [6.45, 7) is 4.17. The Labute approximate surface area is 142 Å². The fourth-order valence-electron chi connectivity index (χ4n) is 3.08. The first-order valence-corrected chi connectivity index (χ1v) is 8.37. The number of aromatic nitrogens is 2. The van der Waals surface area contributed by atoms with E-state index in [2.05, 4.69) is 21.9 Å². The van der Waals surface area contributed by atoms with Gasteiger partial charge in [0, 0.05) is 50.6 Å². The highest BCUT2D eigenvalue weighted by molar-refractivity contribution is 6.32. The van der Waals surface area contributed by atoms with Gasteiger partial charge in [0.2, 0.25) is 0 Å². The van der Waals surface area contributed by atoms with Crippen LogP contribution in [0.15, 0.2) is 36.7 Å². The van der Waals surface area contributed by atoms with E-state index in [0.717, 1.165) is 38.3 Å². The quantitative estimate of drug-likeness (QED) is 0.908. The van der Waals surface area contributed by atoms with Crippen molar-refractivity contribution in [1.82, 2.24) is 19.6 Å². The van der Waals surface area contributed by atoms with Crippen molar-refractivity contribution >= 4 is 11.6 Å². The van der Waals surface area contributed by atoms with Crippen LogP contribution in [-0.4, -0.2) is 64.0 Å². The third-order valence-electron chi connectivity index (χ3n) is 4.47. The zero-order valence-electron chi connectivity index (χ0n) is 13.4. The summed E-state index contributed by atoms with van der Waals surface area (Å²) < 4.78 is 1.83. The molecule has 3 rings (SSSR count). The molecule has 2 heterocycles. The third kappa shape index (κ3) is 3.93. The second-order valence-corrected chi connectivity index (χ2v) is 6.53. The van der Waals surface area contributed by atoms with Crippen molar-refractivity contribution in [3.05, 3.63) is 47.2 Å². The molecule has 0 radical (unpaired) electrons. The van der Waals surface area contributed by atoms with Crippen LogP contribution in [0.1, 0.15) is 12.0 Å². The van der Waals surface area contributed by atoms with Crippen LogP contribution in [0.2, 0.25) is 5.02 Å². The number of hydrogen-bond donors (Lipinski definition) is 1. The van der Waals surface area contributed by atoms with Crippen molar-refractivity contribution in [3.63, 3.8) is 0 Å². The normalized spacial score (nSPS) is 20.0. The van der Waals surface area contributed by atoms with Crippen LogP contribution >= 0.6 is 11.6 Å². The molecule has 1 aromatic carbocycles. The maximum Gasteiger partial charge on any atom is 0.0831 e. The third-order valence-corrected chi connectivity index (χ3v) is 4.78. The van der Waals surface area contributed by atoms with Crippen LogP contribution in [0.3, 0.4) is 0 Å². The van der Waals surface area contributed by atoms with E-state index in [1.165, 1.54) is 5.56 Å². The molecule has 1 N–H and O–H groups in total. The number of rotatable bonds is 5. The number of nitrogens with zero attached hydrogens (tertiary/aromatic N) is 4. The summed E-state index contributed by atoms with van der Waals surface area (Å²) in [5, 5.41) is 14.3. The lowest BCUT2D eigenvalue weighted by molar-refractivity contribution is 0.0743. The Hall–Kier alpha value is -1.40. The summed E-state index contributed by atoms with van der Waals surface area (Å²) >= 11 is 6.23. The number of halogens is 1. The lowest BCUT2D eigenvalue weighted by atomic mass is 10.1. The van der Waals surface area contributed by atoms with Crippen molar-refractivity contribution in [2.75, 3.05) is 33.3 Å². The van der Waals surface area contributed by atoms with Crippen molar-refractivity contribution in [1.29, 1.82) is 0 Å². The zero-order chi connectivity index (χ0) is 16.2. The molecule has 2 aromatic rings. The Kier molecular flexibility index (Phi) is 5.33. The van der Waals surface area contributed by atoms with Crippen LogP contribution in [0.4, 0.5) is 0 Å². The maximum absolute atomic E-state index is 9.20. The Balaban J connectivity index is 1.66. The van der Waals surface area contributed by atoms with Gasteiger partial charge in [0.25, 0.3) is 0 Å². The highest BCUT2D eigenvalue weighted by Gasteiger charge is 2.24. The fraction of sp³-hybridized carbons (Fsp3) is 0.471. The van der Waals surface area contributed by atoms with Crippen molar-refractivity contribution in [3.8, 4) is 5.69 Å². The standard InChI is InChI=1S/C17H23ClN4O/c1-20-7-8-21(13-15(20)6-9-23)11-14-10-19-22(12-14)17-5-3-2-4-16(17)18/h2-5,10,12,15,23H,6-9,11,13H2,1H3. The van der Waals surface area contributed by atoms with E-state index < -0.39 is 0 Å². The molecule has 1 unspecified atom stereocenters. The lowest BCUT2D eigenvalue weighted by Crippen LogP contribution is -2.51. The van der Waals surface area contributed by atoms with Crippen LogP contribution in [-0.2, 0) is 6.54 Å². The lowest BCUT2D eigenvalue weighted by Gasteiger charge is -2.39. The highest BCUT2D eigenvalue weighted by atomic mass is 35.5. The molecular weight excluding hydrogens is 312 g/mol. The van der Waals surface area contributed by atoms with E-state index in [0.29, 0.717) is 11.1 Å². The van der Waals surface area contributed by atoms with Crippen molar-refractivity contribution in [2.24, 2.45) is 0 Å². The minimum absolute atomic E-state index is 0.243. The van der Waals surface area contributed by atoms with Crippen LogP contribution in [0.25, 0.3) is 5.69 Å². The van der Waals surface area contributed by atoms with Crippen LogP contribution < -0.4 is 0 Å². The summed E-state index contributed by atoms with van der Waals surface area (Å²) in [5.41, 5.74) is 2.08. The average Bonchev–Trinajstić information content (AvgIpc) is 2.99. The molecule has 0 bridgehead atoms. The molecule has 1 aromatic heterocycles. The predicted molar refractivity (Wildman–Crippen MR) is 92.0 cm³/mol. The van der Waals surface area contributed by atoms with Gasteiger partial charge in [-0.15, -0.1) is 0 Å². The van der Waals surface area contributed by atoms with Gasteiger partial charge in [-0.3, -0.25) is 4.90 Å². The van der Waals surface area contributed by atoms with E-state index in [-0.39, 0.29) is 6.61 Å². The largest absolute Gasteiger partial charge is 0.396 e. The second kappa shape index (κ2) is 7.45. The fourth-order valence-corrected chi connectivity index (χ4v) is 3.31. The molecule has 0 saturated carbocycles. The molecule has 1 fully saturated rings. The SMILES string of the molecule is CN1CCN(Cc2cnn(-c3ccccc3Cl)c2)CC1CCO. The Morgan fingerprint density at radius 3 is 2.91 bits per heavy atom. The number of para-hydroxylation sites is 1. The van der Waals surface area contributed by atoms with E-state index >= 15 is 0 Å². The molecule has 1 saturated heterocycles. The van der Waals surface area contributed by atoms with E-state index in [4.69, 9.17) is 11.6 Å². The summed E-state index contributed by atoms with van der Waals surface area (Å²) in [6, 6.07) is 8.14. The molecule has 5 nitrogen and oxygen atoms in total. The molecule has 0 spiro atoms. The summed E-state index contributed by atoms with van der Waals surface area (Å²) in [5.74, 6) is 0. The molecule has 1 atom stereocenters. The van der Waals surface area contributed by atoms with Gasteiger partial charge < -0.3 is 10.0 Å². The van der Waals surface area contributed by atoms with E-state index in [9.17, 15) is 5.11 Å². The van der Waals surface area contributed by atoms with Gasteiger partial charge >= 0.3 is 0 Å². The number of piperazine rings is 1. The molecule has 23 heavy (non-hydrogen) atoms. The number of aliphatic hydroxyl groups is 1. The number of benzene rings is 1. The van der Waals surface area contributed by atoms with Crippen LogP contribution in [0.5, 0.6) is 0 Å². The molecule has 0 aliphatic carbocycles. The van der Waals surface area contributed by atoms with Gasteiger partial charge in [-0.2, -0.15) is 5.10 Å². The van der Waals surface area contributed by atoms with Crippen LogP contribution in [0, 0.1) is 0 Å². The molecule has 6 heteroatoms. The molecular formula is C17H23ClN4O. The average molecular weight is 335 g/mol. The first kappa shape index (κ1) is 16.5. The number of hydrogen-bond acceptors (Lipinski definition) is 4. The van der Waals surface area contributed by atoms with Crippen molar-refractivity contribution < 1.29 is 5.11 Å². The van der Waals surface area contributed by atoms with Crippen molar-refractivity contribution in [2.45, 2.75) is 19.0 Å². The Morgan fingerprint density at radius 2 is 2.13 bits per heavy atom. The zero-order valence-corrected chi connectivity index (χ0v) is 14.2. The predicted octanol–water partition coefficient (Wildman–Crippen LogP) is 2.02. The topological polar surface area (TPSA) is 44.5 Å². The molecule has 124 valence electrons. The minimum atomic E-state index is 0.243. The van der Waals surface area contributed by atoms with Gasteiger partial charge in [0.05, 0.1) is 16.9 Å². The van der Waals surface area contributed by atoms with Gasteiger partial charge in [0.1, 0.15) is 0 Å². The molecule has 0 amide bonds. The van der Waals surface area contributed by atoms with Gasteiger partial charge in [0.15, 0.2) is 0 Å². The van der Waals surface area contributed by atoms with E-state index in [1.807, 2.05) is 41.3 Å². The summed E-state index contributed by atoms with van der Waals surface area (Å²) in [4.78, 5) is 4.76. The Morgan fingerprint density at radius 1 is 1.30 bits per heavy atom. The van der Waals surface area contributed by atoms with Gasteiger partial charge in [-0.25, -0.2) is 4.68 Å². The smallest absolute Gasteiger partial charge is 0.0831 e. The summed E-state index contributed by atoms with van der Waals surface area (Å²) in [6.07, 6.45) is 4.77. The molecule has 1 aliphatic rings. The number of likely N-dealkylation sites (N-methyl/N-ethyl adjacent to an activating group) is 1. The minimum Gasteiger partial charge on any atom is -0.396 e. The number of aliphatic hydroxyl groups excluding tert-OH is 1. The highest BCUT2D eigenvalue weighted by Crippen LogP contribution is 2.20. The van der Waals surface area contributed by atoms with Gasteiger partial charge in [-0.05, 0) is 25.6 Å². The molecule has 1 aliphatic heterocycles. The monoisotopic (exact) mass is 334 g/mol.